The fourth-order valence-electron chi connectivity index (χ4n) is 1.45. The largest absolute Gasteiger partial charge is 0.397 e. The minimum Gasteiger partial charge on any atom is -0.397 e. The number of nitrogens with two attached hydrogens (primary N) is 1. The molecule has 3 nitrogen and oxygen atoms in total. The summed E-state index contributed by atoms with van der Waals surface area (Å²) in [4.78, 5) is 12.2. The Morgan fingerprint density at radius 3 is 2.68 bits per heavy atom. The Morgan fingerprint density at radius 1 is 1.42 bits per heavy atom. The molecule has 0 aliphatic rings. The molecule has 0 saturated carbocycles. The number of halogens is 3. The zero-order valence-corrected chi connectivity index (χ0v) is 11.3. The highest BCUT2D eigenvalue weighted by Crippen LogP contribution is 2.30. The van der Waals surface area contributed by atoms with Crippen LogP contribution in [0, 0.1) is 18.6 Å². The van der Waals surface area contributed by atoms with Crippen molar-refractivity contribution in [2.24, 2.45) is 0 Å². The summed E-state index contributed by atoms with van der Waals surface area (Å²) in [6.07, 6.45) is 0. The van der Waals surface area contributed by atoms with Crippen LogP contribution in [0.2, 0.25) is 5.02 Å². The second-order valence-electron chi connectivity index (χ2n) is 3.84. The maximum atomic E-state index is 13.5. The molecule has 0 saturated heterocycles. The van der Waals surface area contributed by atoms with Crippen LogP contribution < -0.4 is 11.1 Å². The lowest BCUT2D eigenvalue weighted by molar-refractivity contribution is 0.103. The molecule has 0 radical (unpaired) electrons. The van der Waals surface area contributed by atoms with Crippen LogP contribution in [0.5, 0.6) is 0 Å². The third-order valence-electron chi connectivity index (χ3n) is 2.47. The Morgan fingerprint density at radius 2 is 2.11 bits per heavy atom. The van der Waals surface area contributed by atoms with Gasteiger partial charge in [-0.15, -0.1) is 11.3 Å². The number of benzene rings is 1. The van der Waals surface area contributed by atoms with E-state index in [1.54, 1.807) is 12.3 Å². The first kappa shape index (κ1) is 13.8. The summed E-state index contributed by atoms with van der Waals surface area (Å²) < 4.78 is 26.6. The van der Waals surface area contributed by atoms with E-state index in [4.69, 9.17) is 17.3 Å². The van der Waals surface area contributed by atoms with Crippen LogP contribution in [0.1, 0.15) is 15.2 Å². The normalized spacial score (nSPS) is 10.5. The second-order valence-corrected chi connectivity index (χ2v) is 5.10. The molecular weight excluding hydrogens is 294 g/mol. The van der Waals surface area contributed by atoms with Gasteiger partial charge in [0.05, 0.1) is 10.7 Å². The molecule has 2 rings (SSSR count). The average Bonchev–Trinajstić information content (AvgIpc) is 2.70. The molecule has 1 heterocycles. The standard InChI is InChI=1S/C12H9ClF2N2OS/c1-5-4-19-11(8(5)13)12(18)17-10-7(16)3-2-6(14)9(10)15/h2-4H,16H2,1H3,(H,17,18). The molecule has 3 N–H and O–H groups in total. The molecule has 0 spiro atoms. The van der Waals surface area contributed by atoms with E-state index in [1.165, 1.54) is 6.07 Å². The van der Waals surface area contributed by atoms with Gasteiger partial charge in [-0.25, -0.2) is 8.78 Å². The highest BCUT2D eigenvalue weighted by atomic mass is 35.5. The second kappa shape index (κ2) is 5.14. The van der Waals surface area contributed by atoms with E-state index < -0.39 is 17.5 Å². The summed E-state index contributed by atoms with van der Waals surface area (Å²) in [7, 11) is 0. The van der Waals surface area contributed by atoms with Crippen molar-refractivity contribution in [1.29, 1.82) is 0 Å². The fraction of sp³-hybridized carbons (Fsp3) is 0.0833. The van der Waals surface area contributed by atoms with Crippen molar-refractivity contribution in [3.63, 3.8) is 0 Å². The number of hydrogen-bond acceptors (Lipinski definition) is 3. The molecule has 0 aliphatic carbocycles. The lowest BCUT2D eigenvalue weighted by atomic mass is 10.2. The summed E-state index contributed by atoms with van der Waals surface area (Å²) in [6, 6.07) is 2.07. The number of amides is 1. The predicted molar refractivity (Wildman–Crippen MR) is 72.8 cm³/mol. The first-order valence-electron chi connectivity index (χ1n) is 5.20. The number of nitrogen functional groups attached to an aromatic ring is 1. The molecule has 1 amide bonds. The van der Waals surface area contributed by atoms with Gasteiger partial charge in [0.1, 0.15) is 10.6 Å². The number of anilines is 2. The molecular formula is C12H9ClF2N2OS. The molecule has 100 valence electrons. The highest BCUT2D eigenvalue weighted by Gasteiger charge is 2.19. The summed E-state index contributed by atoms with van der Waals surface area (Å²) in [5.74, 6) is -2.91. The van der Waals surface area contributed by atoms with Crippen molar-refractivity contribution in [2.75, 3.05) is 11.1 Å². The number of hydrogen-bond donors (Lipinski definition) is 2. The van der Waals surface area contributed by atoms with Gasteiger partial charge < -0.3 is 11.1 Å². The summed E-state index contributed by atoms with van der Waals surface area (Å²) in [6.45, 7) is 1.74. The third kappa shape index (κ3) is 2.54. The van der Waals surface area contributed by atoms with Crippen molar-refractivity contribution < 1.29 is 13.6 Å². The average molecular weight is 303 g/mol. The van der Waals surface area contributed by atoms with E-state index in [-0.39, 0.29) is 21.3 Å². The van der Waals surface area contributed by atoms with Crippen molar-refractivity contribution in [3.8, 4) is 0 Å². The zero-order valence-electron chi connectivity index (χ0n) is 9.76. The first-order valence-corrected chi connectivity index (χ1v) is 6.46. The van der Waals surface area contributed by atoms with Crippen LogP contribution in [-0.4, -0.2) is 5.91 Å². The van der Waals surface area contributed by atoms with Crippen LogP contribution >= 0.6 is 22.9 Å². The van der Waals surface area contributed by atoms with E-state index in [9.17, 15) is 13.6 Å². The van der Waals surface area contributed by atoms with Crippen LogP contribution in [-0.2, 0) is 0 Å². The Bertz CT molecular complexity index is 657. The number of carbonyl (C=O) groups excluding carboxylic acids is 1. The molecule has 0 bridgehead atoms. The molecule has 2 aromatic rings. The number of thiophene rings is 1. The minimum atomic E-state index is -1.20. The van der Waals surface area contributed by atoms with E-state index in [2.05, 4.69) is 5.32 Å². The monoisotopic (exact) mass is 302 g/mol. The van der Waals surface area contributed by atoms with E-state index in [1.807, 2.05) is 0 Å². The summed E-state index contributed by atoms with van der Waals surface area (Å²) in [5, 5.41) is 4.22. The van der Waals surface area contributed by atoms with Gasteiger partial charge in [0, 0.05) is 0 Å². The minimum absolute atomic E-state index is 0.0587. The quantitative estimate of drug-likeness (QED) is 0.829. The van der Waals surface area contributed by atoms with Gasteiger partial charge in [0.2, 0.25) is 0 Å². The van der Waals surface area contributed by atoms with Crippen LogP contribution in [0.15, 0.2) is 17.5 Å². The number of rotatable bonds is 2. The van der Waals surface area contributed by atoms with Crippen molar-refractivity contribution in [1.82, 2.24) is 0 Å². The fourth-order valence-corrected chi connectivity index (χ4v) is 2.62. The van der Waals surface area contributed by atoms with E-state index >= 15 is 0 Å². The van der Waals surface area contributed by atoms with E-state index in [0.717, 1.165) is 23.0 Å². The molecule has 0 atom stereocenters. The maximum Gasteiger partial charge on any atom is 0.267 e. The van der Waals surface area contributed by atoms with Gasteiger partial charge in [0.25, 0.3) is 5.91 Å². The lowest BCUT2D eigenvalue weighted by Crippen LogP contribution is -2.14. The Hall–Kier alpha value is -1.66. The van der Waals surface area contributed by atoms with Crippen LogP contribution in [0.25, 0.3) is 0 Å². The molecule has 1 aromatic carbocycles. The zero-order chi connectivity index (χ0) is 14.2. The van der Waals surface area contributed by atoms with Crippen molar-refractivity contribution >= 4 is 40.2 Å². The van der Waals surface area contributed by atoms with Crippen molar-refractivity contribution in [3.05, 3.63) is 44.6 Å². The van der Waals surface area contributed by atoms with Crippen molar-refractivity contribution in [2.45, 2.75) is 6.92 Å². The molecule has 19 heavy (non-hydrogen) atoms. The number of aryl methyl sites for hydroxylation is 1. The van der Waals surface area contributed by atoms with Gasteiger partial charge >= 0.3 is 0 Å². The Kier molecular flexibility index (Phi) is 3.73. The van der Waals surface area contributed by atoms with Gasteiger partial charge in [-0.05, 0) is 30.0 Å². The van der Waals surface area contributed by atoms with Gasteiger partial charge in [-0.2, -0.15) is 0 Å². The van der Waals surface area contributed by atoms with E-state index in [0.29, 0.717) is 0 Å². The van der Waals surface area contributed by atoms with Crippen LogP contribution in [0.3, 0.4) is 0 Å². The molecule has 0 aliphatic heterocycles. The Balaban J connectivity index is 2.35. The predicted octanol–water partition coefficient (Wildman–Crippen LogP) is 3.82. The third-order valence-corrected chi connectivity index (χ3v) is 4.17. The maximum absolute atomic E-state index is 13.5. The van der Waals surface area contributed by atoms with Gasteiger partial charge in [0.15, 0.2) is 11.6 Å². The molecule has 1 aromatic heterocycles. The molecule has 0 unspecified atom stereocenters. The highest BCUT2D eigenvalue weighted by molar-refractivity contribution is 7.13. The summed E-state index contributed by atoms with van der Waals surface area (Å²) in [5.41, 5.74) is 5.81. The number of carbonyl (C=O) groups is 1. The molecule has 0 fully saturated rings. The Labute approximate surface area is 117 Å². The van der Waals surface area contributed by atoms with Crippen LogP contribution in [0.4, 0.5) is 20.2 Å². The topological polar surface area (TPSA) is 55.1 Å². The molecule has 7 heteroatoms. The lowest BCUT2D eigenvalue weighted by Gasteiger charge is -2.09. The van der Waals surface area contributed by atoms with Gasteiger partial charge in [-0.3, -0.25) is 4.79 Å². The number of nitrogens with one attached hydrogen (secondary N) is 1. The SMILES string of the molecule is Cc1csc(C(=O)Nc2c(N)ccc(F)c2F)c1Cl. The smallest absolute Gasteiger partial charge is 0.267 e. The van der Waals surface area contributed by atoms with Gasteiger partial charge in [-0.1, -0.05) is 11.6 Å². The summed E-state index contributed by atoms with van der Waals surface area (Å²) >= 11 is 7.05. The first-order chi connectivity index (χ1) is 8.91.